The van der Waals surface area contributed by atoms with Gasteiger partial charge < -0.3 is 10.5 Å². The van der Waals surface area contributed by atoms with Gasteiger partial charge in [0, 0.05) is 0 Å². The lowest BCUT2D eigenvalue weighted by atomic mass is 10.3. The molecule has 8 heteroatoms. The zero-order valence-electron chi connectivity index (χ0n) is 9.81. The van der Waals surface area contributed by atoms with Gasteiger partial charge >= 0.3 is 5.97 Å². The van der Waals surface area contributed by atoms with E-state index in [2.05, 4.69) is 4.74 Å². The van der Waals surface area contributed by atoms with E-state index in [1.807, 2.05) is 4.72 Å². The van der Waals surface area contributed by atoms with Crippen molar-refractivity contribution in [2.75, 3.05) is 17.6 Å². The second-order valence-corrected chi connectivity index (χ2v) is 5.52. The van der Waals surface area contributed by atoms with E-state index in [0.717, 1.165) is 20.1 Å². The van der Waals surface area contributed by atoms with E-state index in [1.54, 1.807) is 0 Å². The number of sulfonamides is 1. The van der Waals surface area contributed by atoms with Crippen molar-refractivity contribution in [1.29, 1.82) is 0 Å². The number of hydrogen-bond donors (Lipinski definition) is 2. The Bertz CT molecular complexity index is 539. The number of nitrogens with two attached hydrogens (primary N) is 1. The summed E-state index contributed by atoms with van der Waals surface area (Å²) in [6.07, 6.45) is 0. The number of nitrogens with one attached hydrogen (secondary N) is 1. The molecule has 100 valence electrons. The molecule has 1 rings (SSSR count). The van der Waals surface area contributed by atoms with Crippen LogP contribution in [0.5, 0.6) is 0 Å². The molecular weight excluding hydrogens is 263 g/mol. The zero-order valence-corrected chi connectivity index (χ0v) is 10.6. The molecule has 1 aromatic rings. The molecular formula is C10H13FN2O4S. The first-order valence-electron chi connectivity index (χ1n) is 4.93. The van der Waals surface area contributed by atoms with Gasteiger partial charge in [0.15, 0.2) is 5.25 Å². The van der Waals surface area contributed by atoms with Gasteiger partial charge in [0.1, 0.15) is 11.5 Å². The van der Waals surface area contributed by atoms with E-state index in [9.17, 15) is 17.6 Å². The second kappa shape index (κ2) is 5.21. The minimum absolute atomic E-state index is 0.0735. The van der Waals surface area contributed by atoms with Crippen molar-refractivity contribution < 1.29 is 22.3 Å². The number of para-hydroxylation sites is 1. The molecule has 0 fully saturated rings. The minimum Gasteiger partial charge on any atom is -0.468 e. The maximum Gasteiger partial charge on any atom is 0.325 e. The van der Waals surface area contributed by atoms with Crippen LogP contribution >= 0.6 is 0 Å². The Hall–Kier alpha value is -1.83. The first kappa shape index (κ1) is 14.2. The fourth-order valence-corrected chi connectivity index (χ4v) is 2.20. The summed E-state index contributed by atoms with van der Waals surface area (Å²) in [5, 5.41) is -1.47. The molecule has 1 aromatic carbocycles. The molecule has 0 saturated heterocycles. The van der Waals surface area contributed by atoms with Gasteiger partial charge in [-0.2, -0.15) is 0 Å². The van der Waals surface area contributed by atoms with Gasteiger partial charge in [-0.15, -0.1) is 0 Å². The summed E-state index contributed by atoms with van der Waals surface area (Å²) in [6, 6.07) is 3.73. The zero-order chi connectivity index (χ0) is 13.9. The lowest BCUT2D eigenvalue weighted by molar-refractivity contribution is -0.139. The predicted molar refractivity (Wildman–Crippen MR) is 64.8 cm³/mol. The van der Waals surface area contributed by atoms with E-state index < -0.39 is 27.1 Å². The smallest absolute Gasteiger partial charge is 0.325 e. The summed E-state index contributed by atoms with van der Waals surface area (Å²) in [4.78, 5) is 11.2. The first-order chi connectivity index (χ1) is 8.29. The number of carbonyl (C=O) groups is 1. The Morgan fingerprint density at radius 3 is 2.61 bits per heavy atom. The maximum absolute atomic E-state index is 13.4. The summed E-state index contributed by atoms with van der Waals surface area (Å²) >= 11 is 0. The number of hydrogen-bond acceptors (Lipinski definition) is 5. The third-order valence-corrected chi connectivity index (χ3v) is 3.90. The molecule has 0 bridgehead atoms. The van der Waals surface area contributed by atoms with Crippen molar-refractivity contribution in [2.24, 2.45) is 0 Å². The number of nitrogen functional groups attached to an aromatic ring is 1. The SMILES string of the molecule is COC(=O)C(C)S(=O)(=O)Nc1c(N)cccc1F. The summed E-state index contributed by atoms with van der Waals surface area (Å²) in [5.74, 6) is -1.77. The fraction of sp³-hybridized carbons (Fsp3) is 0.300. The number of rotatable bonds is 4. The summed E-state index contributed by atoms with van der Waals surface area (Å²) in [5.41, 5.74) is 5.00. The standard InChI is InChI=1S/C10H13FN2O4S/c1-6(10(14)17-2)18(15,16)13-9-7(11)4-3-5-8(9)12/h3-6,13H,12H2,1-2H3. The van der Waals surface area contributed by atoms with Crippen molar-refractivity contribution >= 4 is 27.4 Å². The van der Waals surface area contributed by atoms with Gasteiger partial charge in [0.2, 0.25) is 10.0 Å². The third-order valence-electron chi connectivity index (χ3n) is 2.29. The molecule has 0 aliphatic carbocycles. The molecule has 0 aromatic heterocycles. The van der Waals surface area contributed by atoms with Crippen molar-refractivity contribution in [1.82, 2.24) is 0 Å². The Kier molecular flexibility index (Phi) is 4.12. The van der Waals surface area contributed by atoms with Gasteiger partial charge in [-0.1, -0.05) is 6.07 Å². The molecule has 1 atom stereocenters. The van der Waals surface area contributed by atoms with E-state index >= 15 is 0 Å². The van der Waals surface area contributed by atoms with Crippen LogP contribution in [-0.2, 0) is 19.6 Å². The van der Waals surface area contributed by atoms with Crippen LogP contribution in [0.2, 0.25) is 0 Å². The Balaban J connectivity index is 3.07. The predicted octanol–water partition coefficient (Wildman–Crippen LogP) is 0.711. The Morgan fingerprint density at radius 2 is 2.11 bits per heavy atom. The average molecular weight is 276 g/mol. The third kappa shape index (κ3) is 2.89. The fourth-order valence-electron chi connectivity index (χ4n) is 1.17. The molecule has 18 heavy (non-hydrogen) atoms. The normalized spacial score (nSPS) is 12.8. The topological polar surface area (TPSA) is 98.5 Å². The molecule has 0 spiro atoms. The van der Waals surface area contributed by atoms with Crippen molar-refractivity contribution in [2.45, 2.75) is 12.2 Å². The number of ether oxygens (including phenoxy) is 1. The molecule has 0 aliphatic heterocycles. The molecule has 0 amide bonds. The van der Waals surface area contributed by atoms with Crippen LogP contribution in [0.25, 0.3) is 0 Å². The van der Waals surface area contributed by atoms with Crippen LogP contribution in [0.3, 0.4) is 0 Å². The molecule has 0 aliphatic rings. The molecule has 0 radical (unpaired) electrons. The maximum atomic E-state index is 13.4. The summed E-state index contributed by atoms with van der Waals surface area (Å²) in [7, 11) is -3.05. The van der Waals surface area contributed by atoms with E-state index in [0.29, 0.717) is 0 Å². The van der Waals surface area contributed by atoms with Crippen LogP contribution in [0, 0.1) is 5.82 Å². The monoisotopic (exact) mass is 276 g/mol. The molecule has 1 unspecified atom stereocenters. The lowest BCUT2D eigenvalue weighted by Gasteiger charge is -2.14. The van der Waals surface area contributed by atoms with Gasteiger partial charge in [0.05, 0.1) is 12.8 Å². The van der Waals surface area contributed by atoms with Crippen molar-refractivity contribution in [3.63, 3.8) is 0 Å². The highest BCUT2D eigenvalue weighted by atomic mass is 32.2. The number of halogens is 1. The first-order valence-corrected chi connectivity index (χ1v) is 6.47. The molecule has 0 heterocycles. The number of esters is 1. The average Bonchev–Trinajstić information content (AvgIpc) is 2.32. The van der Waals surface area contributed by atoms with Gasteiger partial charge in [-0.3, -0.25) is 9.52 Å². The van der Waals surface area contributed by atoms with Gasteiger partial charge in [-0.25, -0.2) is 12.8 Å². The van der Waals surface area contributed by atoms with E-state index in [1.165, 1.54) is 12.1 Å². The van der Waals surface area contributed by atoms with Crippen molar-refractivity contribution in [3.8, 4) is 0 Å². The van der Waals surface area contributed by atoms with Crippen LogP contribution in [0.1, 0.15) is 6.92 Å². The number of benzene rings is 1. The largest absolute Gasteiger partial charge is 0.468 e. The highest BCUT2D eigenvalue weighted by molar-refractivity contribution is 7.94. The highest BCUT2D eigenvalue weighted by Crippen LogP contribution is 2.24. The van der Waals surface area contributed by atoms with Gasteiger partial charge in [0.25, 0.3) is 0 Å². The van der Waals surface area contributed by atoms with E-state index in [4.69, 9.17) is 5.73 Å². The van der Waals surface area contributed by atoms with Crippen LogP contribution in [0.15, 0.2) is 18.2 Å². The van der Waals surface area contributed by atoms with Crippen LogP contribution < -0.4 is 10.5 Å². The van der Waals surface area contributed by atoms with Crippen LogP contribution in [0.4, 0.5) is 15.8 Å². The quantitative estimate of drug-likeness (QED) is 0.623. The van der Waals surface area contributed by atoms with E-state index in [-0.39, 0.29) is 11.4 Å². The molecule has 0 saturated carbocycles. The number of methoxy groups -OCH3 is 1. The number of anilines is 2. The Labute approximate surface area is 104 Å². The van der Waals surface area contributed by atoms with Gasteiger partial charge in [-0.05, 0) is 19.1 Å². The van der Waals surface area contributed by atoms with Crippen molar-refractivity contribution in [3.05, 3.63) is 24.0 Å². The minimum atomic E-state index is -4.11. The summed E-state index contributed by atoms with van der Waals surface area (Å²) in [6.45, 7) is 1.13. The summed E-state index contributed by atoms with van der Waals surface area (Å²) < 4.78 is 43.2. The molecule has 6 nitrogen and oxygen atoms in total. The highest BCUT2D eigenvalue weighted by Gasteiger charge is 2.30. The molecule has 3 N–H and O–H groups in total. The number of carbonyl (C=O) groups excluding carboxylic acids is 1. The second-order valence-electron chi connectivity index (χ2n) is 3.52. The lowest BCUT2D eigenvalue weighted by Crippen LogP contribution is -2.33. The Morgan fingerprint density at radius 1 is 1.50 bits per heavy atom. The van der Waals surface area contributed by atoms with Crippen LogP contribution in [-0.4, -0.2) is 26.7 Å².